The molecule has 0 aromatic heterocycles. The first-order valence-electron chi connectivity index (χ1n) is 22.7. The van der Waals surface area contributed by atoms with Crippen LogP contribution in [0.2, 0.25) is 0 Å². The summed E-state index contributed by atoms with van der Waals surface area (Å²) in [5.74, 6) is 12.3. The summed E-state index contributed by atoms with van der Waals surface area (Å²) in [5.41, 5.74) is 6.45. The number of ketones is 2. The lowest BCUT2D eigenvalue weighted by molar-refractivity contribution is -0.699. The van der Waals surface area contributed by atoms with Crippen LogP contribution in [0.4, 0.5) is 0 Å². The second-order valence-electron chi connectivity index (χ2n) is 19.1. The summed E-state index contributed by atoms with van der Waals surface area (Å²) in [6, 6.07) is 0. The minimum Gasteiger partial charge on any atom is -0.390 e. The fourth-order valence-corrected chi connectivity index (χ4v) is 12.8. The summed E-state index contributed by atoms with van der Waals surface area (Å²) < 4.78 is 6.04. The number of piperidine rings is 1. The molecular weight excluding hydrogens is 645 g/mol. The van der Waals surface area contributed by atoms with Gasteiger partial charge in [-0.1, -0.05) is 95.8 Å². The first-order valence-corrected chi connectivity index (χ1v) is 22.7. The summed E-state index contributed by atoms with van der Waals surface area (Å²) in [4.78, 5) is 28.1. The fourth-order valence-electron chi connectivity index (χ4n) is 12.8. The molecule has 6 nitrogen and oxygen atoms in total. The van der Waals surface area contributed by atoms with Crippen molar-refractivity contribution in [3.05, 3.63) is 0 Å². The van der Waals surface area contributed by atoms with E-state index in [0.29, 0.717) is 30.1 Å². The third kappa shape index (κ3) is 10.7. The van der Waals surface area contributed by atoms with Gasteiger partial charge in [0.1, 0.15) is 17.7 Å². The minimum atomic E-state index is -0.485. The lowest BCUT2D eigenvalue weighted by Gasteiger charge is -2.49. The second kappa shape index (κ2) is 20.1. The molecule has 0 spiro atoms. The number of aliphatic hydroxyl groups excluding tert-OH is 1. The number of fused-ring (bicyclic) bond motifs is 2. The molecule has 294 valence electrons. The number of carbonyl (C=O) groups is 2. The molecule has 12 atom stereocenters. The van der Waals surface area contributed by atoms with Crippen molar-refractivity contribution >= 4 is 11.6 Å². The van der Waals surface area contributed by atoms with Gasteiger partial charge in [-0.05, 0) is 112 Å². The molecule has 0 aromatic carbocycles. The van der Waals surface area contributed by atoms with Crippen molar-refractivity contribution in [1.82, 2.24) is 0 Å². The predicted octanol–water partition coefficient (Wildman–Crippen LogP) is 7.98. The summed E-state index contributed by atoms with van der Waals surface area (Å²) >= 11 is 0. The van der Waals surface area contributed by atoms with Crippen LogP contribution in [0.5, 0.6) is 0 Å². The smallest absolute Gasteiger partial charge is 0.144 e. The molecule has 4 saturated carbocycles. The van der Waals surface area contributed by atoms with E-state index >= 15 is 0 Å². The normalized spacial score (nSPS) is 40.3. The Hall–Kier alpha value is -1.26. The maximum Gasteiger partial charge on any atom is 0.144 e. The highest BCUT2D eigenvalue weighted by atomic mass is 16.5. The standard InChI is InChI=1S/C46H76N2O4/c1-3-4-11-32-24-34(25-33-22-23-48-44(47)28-33)26-36-18-21-39(35-14-9-6-10-15-35)45-37(17-19-38(49)30-42(50)41(36)27-32)29-43(52-2)46(51)40(45)20-16-31-12-7-5-8-13-31/h31-37,39-41,43-46,48,51H,3-17,19-20,22-30,47H2,1-2H3/p+1. The van der Waals surface area contributed by atoms with E-state index in [1.165, 1.54) is 109 Å². The Balaban J connectivity index is 1.37. The molecule has 0 aromatic rings. The van der Waals surface area contributed by atoms with Crippen molar-refractivity contribution in [2.24, 2.45) is 70.8 Å². The summed E-state index contributed by atoms with van der Waals surface area (Å²) in [7, 11) is 1.76. The number of Topliss-reactive ketones (excluding diaryl/α,β-unsaturated/α-hetero) is 2. The lowest BCUT2D eigenvalue weighted by atomic mass is 9.57. The van der Waals surface area contributed by atoms with Gasteiger partial charge in [-0.2, -0.15) is 0 Å². The van der Waals surface area contributed by atoms with Gasteiger partial charge >= 0.3 is 0 Å². The number of unbranched alkanes of at least 4 members (excludes halogenated alkanes) is 1. The van der Waals surface area contributed by atoms with Crippen LogP contribution < -0.4 is 11.1 Å². The largest absolute Gasteiger partial charge is 0.390 e. The average molecular weight is 722 g/mol. The quantitative estimate of drug-likeness (QED) is 0.157. The molecule has 0 bridgehead atoms. The van der Waals surface area contributed by atoms with Crippen molar-refractivity contribution < 1.29 is 24.7 Å². The third-order valence-electron chi connectivity index (χ3n) is 15.5. The molecule has 5 aliphatic carbocycles. The van der Waals surface area contributed by atoms with E-state index in [9.17, 15) is 14.7 Å². The zero-order valence-corrected chi connectivity index (χ0v) is 33.3. The van der Waals surface area contributed by atoms with Gasteiger partial charge in [0.2, 0.25) is 0 Å². The molecule has 6 rings (SSSR count). The van der Waals surface area contributed by atoms with Crippen LogP contribution in [0.1, 0.15) is 167 Å². The summed E-state index contributed by atoms with van der Waals surface area (Å²) in [6.45, 7) is 3.40. The van der Waals surface area contributed by atoms with Gasteiger partial charge in [0.25, 0.3) is 0 Å². The van der Waals surface area contributed by atoms with Crippen molar-refractivity contribution in [3.8, 4) is 11.8 Å². The van der Waals surface area contributed by atoms with E-state index in [-0.39, 0.29) is 65.8 Å². The van der Waals surface area contributed by atoms with Crippen LogP contribution in [-0.4, -0.2) is 48.7 Å². The number of rotatable bonds is 10. The molecule has 52 heavy (non-hydrogen) atoms. The maximum atomic E-state index is 14.3. The Morgan fingerprint density at radius 1 is 0.788 bits per heavy atom. The Morgan fingerprint density at radius 2 is 1.56 bits per heavy atom. The number of aliphatic hydroxyl groups is 1. The number of quaternary nitrogens is 1. The Morgan fingerprint density at radius 3 is 2.29 bits per heavy atom. The van der Waals surface area contributed by atoms with Gasteiger partial charge in [-0.3, -0.25) is 15.3 Å². The minimum absolute atomic E-state index is 0.0191. The van der Waals surface area contributed by atoms with Crippen molar-refractivity contribution in [2.45, 2.75) is 186 Å². The number of carbonyl (C=O) groups excluding carboxylic acids is 2. The van der Waals surface area contributed by atoms with Crippen molar-refractivity contribution in [2.75, 3.05) is 13.7 Å². The highest BCUT2D eigenvalue weighted by molar-refractivity contribution is 6.00. The van der Waals surface area contributed by atoms with Gasteiger partial charge < -0.3 is 15.2 Å². The molecule has 1 saturated heterocycles. The SMILES string of the molecule is CCCCC1CC(CC2CC[NH2+]C(N)C2)CC2C#CC(C3CCCCC3)C3C(CCC(=O)CC(=O)C2C1)CC(OC)C(O)C3CCC1CCCCC1. The Labute approximate surface area is 317 Å². The number of nitrogens with two attached hydrogens (primary N) is 2. The highest BCUT2D eigenvalue weighted by Gasteiger charge is 2.49. The molecule has 0 amide bonds. The van der Waals surface area contributed by atoms with E-state index in [1.54, 1.807) is 7.11 Å². The van der Waals surface area contributed by atoms with E-state index in [4.69, 9.17) is 10.5 Å². The molecule has 6 heteroatoms. The van der Waals surface area contributed by atoms with E-state index < -0.39 is 6.10 Å². The van der Waals surface area contributed by atoms with Gasteiger partial charge in [0, 0.05) is 37.7 Å². The average Bonchev–Trinajstić information content (AvgIpc) is 3.32. The first-order chi connectivity index (χ1) is 25.3. The van der Waals surface area contributed by atoms with E-state index in [2.05, 4.69) is 24.1 Å². The van der Waals surface area contributed by atoms with Crippen LogP contribution >= 0.6 is 0 Å². The molecule has 1 heterocycles. The number of hydrogen-bond donors (Lipinski definition) is 3. The molecule has 5 N–H and O–H groups in total. The van der Waals surface area contributed by atoms with Gasteiger partial charge in [0.05, 0.1) is 25.2 Å². The molecule has 5 fully saturated rings. The monoisotopic (exact) mass is 722 g/mol. The van der Waals surface area contributed by atoms with Crippen LogP contribution in [0.25, 0.3) is 0 Å². The summed E-state index contributed by atoms with van der Waals surface area (Å²) in [5, 5.41) is 14.4. The maximum absolute atomic E-state index is 14.3. The third-order valence-corrected chi connectivity index (χ3v) is 15.5. The number of hydrogen-bond acceptors (Lipinski definition) is 5. The molecule has 0 radical (unpaired) electrons. The van der Waals surface area contributed by atoms with Crippen LogP contribution in [0, 0.1) is 76.9 Å². The fraction of sp³-hybridized carbons (Fsp3) is 0.913. The van der Waals surface area contributed by atoms with Gasteiger partial charge in [-0.25, -0.2) is 0 Å². The Kier molecular flexibility index (Phi) is 15.6. The van der Waals surface area contributed by atoms with Crippen LogP contribution in [0.15, 0.2) is 0 Å². The second-order valence-corrected chi connectivity index (χ2v) is 19.1. The van der Waals surface area contributed by atoms with Crippen LogP contribution in [0.3, 0.4) is 0 Å². The zero-order valence-electron chi connectivity index (χ0n) is 33.3. The first kappa shape index (κ1) is 40.4. The number of ether oxygens (including phenoxy) is 1. The predicted molar refractivity (Wildman–Crippen MR) is 209 cm³/mol. The molecular formula is C46H77N2O4+. The number of methoxy groups -OCH3 is 1. The van der Waals surface area contributed by atoms with Crippen LogP contribution in [-0.2, 0) is 14.3 Å². The molecule has 6 aliphatic rings. The van der Waals surface area contributed by atoms with E-state index in [0.717, 1.165) is 51.0 Å². The molecule has 12 unspecified atom stereocenters. The van der Waals surface area contributed by atoms with E-state index in [1.807, 2.05) is 0 Å². The lowest BCUT2D eigenvalue weighted by Crippen LogP contribution is -2.94. The highest BCUT2D eigenvalue weighted by Crippen LogP contribution is 2.50. The van der Waals surface area contributed by atoms with Crippen molar-refractivity contribution in [3.63, 3.8) is 0 Å². The van der Waals surface area contributed by atoms with Gasteiger partial charge in [-0.15, -0.1) is 0 Å². The zero-order chi connectivity index (χ0) is 36.5. The topological polar surface area (TPSA) is 106 Å². The molecule has 1 aliphatic heterocycles. The van der Waals surface area contributed by atoms with Crippen molar-refractivity contribution in [1.29, 1.82) is 0 Å². The summed E-state index contributed by atoms with van der Waals surface area (Å²) in [6.07, 6.45) is 27.0. The van der Waals surface area contributed by atoms with Gasteiger partial charge in [0.15, 0.2) is 0 Å². The Bertz CT molecular complexity index is 1180.